The van der Waals surface area contributed by atoms with Crippen molar-refractivity contribution in [3.05, 3.63) is 58.8 Å². The summed E-state index contributed by atoms with van der Waals surface area (Å²) in [6, 6.07) is 10.4. The normalized spacial score (nSPS) is 17.7. The lowest BCUT2D eigenvalue weighted by molar-refractivity contribution is 0.0542. The van der Waals surface area contributed by atoms with Crippen LogP contribution < -0.4 is 10.6 Å². The van der Waals surface area contributed by atoms with E-state index in [9.17, 15) is 4.79 Å². The van der Waals surface area contributed by atoms with Crippen LogP contribution in [0.3, 0.4) is 0 Å². The molecule has 124 valence electrons. The number of ether oxygens (including phenoxy) is 1. The molecule has 2 rings (SSSR count). The molecule has 1 heterocycles. The highest BCUT2D eigenvalue weighted by atomic mass is 32.2. The fourth-order valence-electron chi connectivity index (χ4n) is 2.01. The van der Waals surface area contributed by atoms with Gasteiger partial charge in [-0.1, -0.05) is 30.3 Å². The third-order valence-electron chi connectivity index (χ3n) is 3.13. The molecule has 0 saturated heterocycles. The second-order valence-electron chi connectivity index (χ2n) is 6.44. The molecule has 0 spiro atoms. The molecule has 4 nitrogen and oxygen atoms in total. The van der Waals surface area contributed by atoms with Crippen molar-refractivity contribution in [1.29, 1.82) is 0 Å². The minimum Gasteiger partial charge on any atom is -0.444 e. The highest BCUT2D eigenvalue weighted by molar-refractivity contribution is 8.02. The number of amides is 1. The number of carbonyl (C=O) groups excluding carboxylic acids is 1. The maximum Gasteiger partial charge on any atom is 0.411 e. The number of nitrogens with one attached hydrogen (secondary N) is 2. The van der Waals surface area contributed by atoms with E-state index in [-0.39, 0.29) is 6.04 Å². The van der Waals surface area contributed by atoms with Crippen LogP contribution in [0, 0.1) is 0 Å². The number of benzene rings is 1. The first-order valence-corrected chi connectivity index (χ1v) is 8.66. The predicted molar refractivity (Wildman–Crippen MR) is 95.9 cm³/mol. The molecule has 1 amide bonds. The van der Waals surface area contributed by atoms with Crippen LogP contribution in [0.2, 0.25) is 0 Å². The van der Waals surface area contributed by atoms with Gasteiger partial charge in [-0.15, -0.1) is 11.8 Å². The summed E-state index contributed by atoms with van der Waals surface area (Å²) in [6.45, 7) is 7.55. The molecule has 0 fully saturated rings. The lowest BCUT2D eigenvalue weighted by Gasteiger charge is -2.25. The summed E-state index contributed by atoms with van der Waals surface area (Å²) in [5.41, 5.74) is 1.58. The van der Waals surface area contributed by atoms with Crippen molar-refractivity contribution < 1.29 is 9.53 Å². The van der Waals surface area contributed by atoms with Gasteiger partial charge in [-0.25, -0.2) is 4.79 Å². The number of dihydropyridines is 1. The molecule has 1 unspecified atom stereocenters. The molecule has 1 aliphatic heterocycles. The standard InChI is InChI=1S/C18H24N2O2S/c1-13-16(20-17(21)22-18(2,3)4)10-15(11-19-13)23-12-14-8-6-5-7-9-14/h5-11,13,19H,12H2,1-4H3,(H,20,21). The van der Waals surface area contributed by atoms with Gasteiger partial charge in [0.25, 0.3) is 0 Å². The zero-order valence-corrected chi connectivity index (χ0v) is 14.9. The van der Waals surface area contributed by atoms with E-state index in [4.69, 9.17) is 4.74 Å². The Kier molecular flexibility index (Phi) is 5.77. The van der Waals surface area contributed by atoms with Crippen molar-refractivity contribution in [2.24, 2.45) is 0 Å². The van der Waals surface area contributed by atoms with Crippen molar-refractivity contribution in [1.82, 2.24) is 10.6 Å². The molecule has 2 N–H and O–H groups in total. The molecule has 1 aromatic carbocycles. The molecule has 0 aromatic heterocycles. The number of alkyl carbamates (subject to hydrolysis) is 1. The first kappa shape index (κ1) is 17.5. The van der Waals surface area contributed by atoms with E-state index in [1.165, 1.54) is 5.56 Å². The minimum atomic E-state index is -0.503. The van der Waals surface area contributed by atoms with E-state index in [0.29, 0.717) is 0 Å². The predicted octanol–water partition coefficient (Wildman–Crippen LogP) is 4.16. The summed E-state index contributed by atoms with van der Waals surface area (Å²) in [6.07, 6.45) is 3.56. The van der Waals surface area contributed by atoms with Gasteiger partial charge in [0.1, 0.15) is 5.60 Å². The number of carbonyl (C=O) groups is 1. The fraction of sp³-hybridized carbons (Fsp3) is 0.389. The largest absolute Gasteiger partial charge is 0.444 e. The highest BCUT2D eigenvalue weighted by Crippen LogP contribution is 2.25. The number of allylic oxidation sites excluding steroid dienone is 1. The number of hydrogen-bond acceptors (Lipinski definition) is 4. The maximum atomic E-state index is 11.9. The molecule has 0 aliphatic carbocycles. The average Bonchev–Trinajstić information content (AvgIpc) is 2.47. The van der Waals surface area contributed by atoms with Gasteiger partial charge in [-0.05, 0) is 39.3 Å². The van der Waals surface area contributed by atoms with Gasteiger partial charge < -0.3 is 10.1 Å². The van der Waals surface area contributed by atoms with E-state index >= 15 is 0 Å². The number of rotatable bonds is 4. The summed E-state index contributed by atoms with van der Waals surface area (Å²) in [7, 11) is 0. The highest BCUT2D eigenvalue weighted by Gasteiger charge is 2.20. The third kappa shape index (κ3) is 6.02. The van der Waals surface area contributed by atoms with E-state index in [2.05, 4.69) is 22.8 Å². The number of hydrogen-bond donors (Lipinski definition) is 2. The Labute approximate surface area is 142 Å². The average molecular weight is 332 g/mol. The van der Waals surface area contributed by atoms with Crippen molar-refractivity contribution >= 4 is 17.9 Å². The Morgan fingerprint density at radius 1 is 1.30 bits per heavy atom. The van der Waals surface area contributed by atoms with Crippen molar-refractivity contribution in [3.8, 4) is 0 Å². The van der Waals surface area contributed by atoms with Gasteiger partial charge in [0.2, 0.25) is 0 Å². The van der Waals surface area contributed by atoms with Gasteiger partial charge in [-0.3, -0.25) is 5.32 Å². The van der Waals surface area contributed by atoms with Crippen molar-refractivity contribution in [2.75, 3.05) is 0 Å². The summed E-state index contributed by atoms with van der Waals surface area (Å²) in [5.74, 6) is 0.888. The quantitative estimate of drug-likeness (QED) is 0.869. The molecule has 0 radical (unpaired) electrons. The smallest absolute Gasteiger partial charge is 0.411 e. The zero-order chi connectivity index (χ0) is 16.9. The lowest BCUT2D eigenvalue weighted by atomic mass is 10.2. The Morgan fingerprint density at radius 2 is 2.00 bits per heavy atom. The monoisotopic (exact) mass is 332 g/mol. The second kappa shape index (κ2) is 7.59. The molecule has 0 saturated carbocycles. The van der Waals surface area contributed by atoms with Crippen molar-refractivity contribution in [3.63, 3.8) is 0 Å². The van der Waals surface area contributed by atoms with Gasteiger partial charge in [0.15, 0.2) is 0 Å². The van der Waals surface area contributed by atoms with E-state index in [1.807, 2.05) is 58.2 Å². The molecule has 1 aliphatic rings. The molecule has 5 heteroatoms. The SMILES string of the molecule is CC1NC=C(SCc2ccccc2)C=C1NC(=O)OC(C)(C)C. The maximum absolute atomic E-state index is 11.9. The van der Waals surface area contributed by atoms with E-state index < -0.39 is 11.7 Å². The molecule has 23 heavy (non-hydrogen) atoms. The molecule has 1 aromatic rings. The van der Waals surface area contributed by atoms with E-state index in [0.717, 1.165) is 16.4 Å². The molecule has 1 atom stereocenters. The number of thioether (sulfide) groups is 1. The van der Waals surface area contributed by atoms with Gasteiger partial charge in [-0.2, -0.15) is 0 Å². The summed E-state index contributed by atoms with van der Waals surface area (Å²) >= 11 is 1.73. The Balaban J connectivity index is 1.95. The summed E-state index contributed by atoms with van der Waals surface area (Å²) < 4.78 is 5.31. The third-order valence-corrected chi connectivity index (χ3v) is 4.18. The first-order valence-electron chi connectivity index (χ1n) is 7.68. The van der Waals surface area contributed by atoms with Crippen LogP contribution in [0.15, 0.2) is 53.2 Å². The van der Waals surface area contributed by atoms with E-state index in [1.54, 1.807) is 11.8 Å². The Morgan fingerprint density at radius 3 is 2.65 bits per heavy atom. The van der Waals surface area contributed by atoms with Gasteiger partial charge in [0.05, 0.1) is 6.04 Å². The van der Waals surface area contributed by atoms with Crippen molar-refractivity contribution in [2.45, 2.75) is 45.1 Å². The molecule has 0 bridgehead atoms. The van der Waals surface area contributed by atoms with Crippen LogP contribution in [-0.4, -0.2) is 17.7 Å². The Hall–Kier alpha value is -1.88. The van der Waals surface area contributed by atoms with Crippen LogP contribution in [0.1, 0.15) is 33.3 Å². The zero-order valence-electron chi connectivity index (χ0n) is 14.1. The topological polar surface area (TPSA) is 50.4 Å². The van der Waals surface area contributed by atoms with Crippen LogP contribution in [0.4, 0.5) is 4.79 Å². The lowest BCUT2D eigenvalue weighted by Crippen LogP contribution is -2.39. The summed E-state index contributed by atoms with van der Waals surface area (Å²) in [4.78, 5) is 13.0. The molecular weight excluding hydrogens is 308 g/mol. The minimum absolute atomic E-state index is 0.0450. The second-order valence-corrected chi connectivity index (χ2v) is 7.48. The summed E-state index contributed by atoms with van der Waals surface area (Å²) in [5, 5.41) is 6.10. The first-order chi connectivity index (χ1) is 10.8. The Bertz CT molecular complexity index is 603. The van der Waals surface area contributed by atoms with Crippen LogP contribution in [0.5, 0.6) is 0 Å². The molecular formula is C18H24N2O2S. The fourth-order valence-corrected chi connectivity index (χ4v) is 2.89. The van der Waals surface area contributed by atoms with Gasteiger partial charge >= 0.3 is 6.09 Å². The van der Waals surface area contributed by atoms with Crippen LogP contribution in [-0.2, 0) is 10.5 Å². The van der Waals surface area contributed by atoms with Crippen LogP contribution >= 0.6 is 11.8 Å². The van der Waals surface area contributed by atoms with Gasteiger partial charge in [0, 0.05) is 22.6 Å². The van der Waals surface area contributed by atoms with Crippen LogP contribution in [0.25, 0.3) is 0 Å².